The van der Waals surface area contributed by atoms with Crippen LogP contribution in [-0.2, 0) is 33.9 Å². The van der Waals surface area contributed by atoms with E-state index in [1.54, 1.807) is 25.1 Å². The van der Waals surface area contributed by atoms with Crippen LogP contribution in [0.5, 0.6) is 11.6 Å². The summed E-state index contributed by atoms with van der Waals surface area (Å²) in [5, 5.41) is -0.109. The van der Waals surface area contributed by atoms with Crippen molar-refractivity contribution in [1.82, 2.24) is 14.6 Å². The SMILES string of the molecule is [2H]C([2H])([2H])C(OC(=O)C[C@@H]1C(=O)N2C[C@H](Oc3nccc4cc(OC)c(F)cc34)C[C@H]2C(=O)C[C@]2(C(=O)NS(=O)(=O)C3CC3)C[C@H]2/C=C\CC[C@@H](C)C[C@H]1CC)(C([2H])([2H])[2H])C(F)(F)F. The molecular formula is C41H51F4N3O9S. The average molecular weight is 844 g/mol. The van der Waals surface area contributed by atoms with E-state index in [0.29, 0.717) is 31.1 Å². The van der Waals surface area contributed by atoms with E-state index >= 15 is 4.79 Å². The molecule has 4 aliphatic rings. The van der Waals surface area contributed by atoms with Crippen molar-refractivity contribution in [2.75, 3.05) is 13.7 Å². The number of carbonyl (C=O) groups is 4. The number of aromatic nitrogens is 1. The maximum absolute atomic E-state index is 15.1. The molecule has 0 unspecified atom stereocenters. The van der Waals surface area contributed by atoms with Gasteiger partial charge in [-0.3, -0.25) is 23.9 Å². The fourth-order valence-corrected chi connectivity index (χ4v) is 9.63. The summed E-state index contributed by atoms with van der Waals surface area (Å²) in [6, 6.07) is 2.65. The summed E-state index contributed by atoms with van der Waals surface area (Å²) >= 11 is 0. The predicted molar refractivity (Wildman–Crippen MR) is 203 cm³/mol. The van der Waals surface area contributed by atoms with Crippen LogP contribution in [-0.4, -0.2) is 84.7 Å². The van der Waals surface area contributed by atoms with E-state index in [9.17, 15) is 40.4 Å². The number of halogens is 4. The van der Waals surface area contributed by atoms with Gasteiger partial charge in [0, 0.05) is 32.6 Å². The van der Waals surface area contributed by atoms with E-state index in [1.165, 1.54) is 19.4 Å². The van der Waals surface area contributed by atoms with Crippen LogP contribution in [0.1, 0.15) is 100.0 Å². The van der Waals surface area contributed by atoms with E-state index in [-0.39, 0.29) is 48.6 Å². The van der Waals surface area contributed by atoms with Crippen LogP contribution in [0.2, 0.25) is 0 Å². The smallest absolute Gasteiger partial charge is 0.427 e. The second-order valence-electron chi connectivity index (χ2n) is 16.1. The molecule has 58 heavy (non-hydrogen) atoms. The molecule has 0 radical (unpaired) electrons. The third-order valence-corrected chi connectivity index (χ3v) is 13.7. The fraction of sp³-hybridized carbons (Fsp3) is 0.634. The Kier molecular flexibility index (Phi) is 10.1. The molecule has 12 nitrogen and oxygen atoms in total. The molecule has 2 saturated carbocycles. The van der Waals surface area contributed by atoms with Crippen LogP contribution in [0.4, 0.5) is 17.6 Å². The van der Waals surface area contributed by atoms with Crippen LogP contribution < -0.4 is 14.2 Å². The summed E-state index contributed by atoms with van der Waals surface area (Å²) in [6.07, 6.45) is -2.19. The van der Waals surface area contributed by atoms with E-state index < -0.39 is 125 Å². The number of fused-ring (bicyclic) bond motifs is 3. The molecule has 2 aromatic rings. The van der Waals surface area contributed by atoms with Crippen molar-refractivity contribution in [1.29, 1.82) is 0 Å². The minimum absolute atomic E-state index is 0.0710. The molecule has 1 N–H and O–H groups in total. The van der Waals surface area contributed by atoms with Crippen molar-refractivity contribution in [2.45, 2.75) is 121 Å². The lowest BCUT2D eigenvalue weighted by atomic mass is 9.79. The summed E-state index contributed by atoms with van der Waals surface area (Å²) in [5.74, 6) is -8.55. The quantitative estimate of drug-likeness (QED) is 0.157. The molecule has 2 amide bonds. The average Bonchev–Trinajstić information content (AvgIpc) is 4.12. The lowest BCUT2D eigenvalue weighted by Gasteiger charge is -2.34. The van der Waals surface area contributed by atoms with Gasteiger partial charge in [-0.15, -0.1) is 0 Å². The number of rotatable bonds is 10. The van der Waals surface area contributed by atoms with Gasteiger partial charge in [0.1, 0.15) is 6.10 Å². The molecule has 0 bridgehead atoms. The number of alkyl halides is 3. The zero-order valence-corrected chi connectivity index (χ0v) is 33.1. The molecule has 1 aromatic heterocycles. The number of benzene rings is 1. The zero-order chi connectivity index (χ0) is 47.4. The third kappa shape index (κ3) is 9.13. The second-order valence-corrected chi connectivity index (χ2v) is 18.0. The number of carbonyl (C=O) groups excluding carboxylic acids is 4. The maximum atomic E-state index is 15.1. The van der Waals surface area contributed by atoms with Crippen LogP contribution in [0.15, 0.2) is 36.5 Å². The summed E-state index contributed by atoms with van der Waals surface area (Å²) in [6.45, 7) is -5.78. The summed E-state index contributed by atoms with van der Waals surface area (Å²) < 4.78 is 148. The number of pyridine rings is 1. The Hall–Kier alpha value is -4.28. The van der Waals surface area contributed by atoms with Crippen molar-refractivity contribution in [2.24, 2.45) is 29.1 Å². The number of nitrogens with one attached hydrogen (secondary N) is 1. The first kappa shape index (κ1) is 35.6. The number of hydrogen-bond acceptors (Lipinski definition) is 10. The highest BCUT2D eigenvalue weighted by Crippen LogP contribution is 2.57. The van der Waals surface area contributed by atoms with Gasteiger partial charge >= 0.3 is 12.1 Å². The molecule has 3 fully saturated rings. The highest BCUT2D eigenvalue weighted by atomic mass is 32.2. The number of sulfonamides is 1. The largest absolute Gasteiger partial charge is 0.494 e. The summed E-state index contributed by atoms with van der Waals surface area (Å²) in [7, 11) is -2.77. The highest BCUT2D eigenvalue weighted by Gasteiger charge is 2.62. The molecule has 7 atom stereocenters. The molecule has 1 saturated heterocycles. The molecule has 318 valence electrons. The molecule has 17 heteroatoms. The van der Waals surface area contributed by atoms with E-state index in [4.69, 9.17) is 17.7 Å². The molecule has 2 aliphatic heterocycles. The minimum Gasteiger partial charge on any atom is -0.494 e. The number of esters is 1. The first-order valence-electron chi connectivity index (χ1n) is 22.3. The van der Waals surface area contributed by atoms with Crippen LogP contribution in [0.25, 0.3) is 10.8 Å². The number of Topliss-reactive ketones (excluding diaryl/α,β-unsaturated/α-hetero) is 1. The summed E-state index contributed by atoms with van der Waals surface area (Å²) in [4.78, 5) is 62.7. The number of ether oxygens (including phenoxy) is 3. The van der Waals surface area contributed by atoms with Crippen molar-refractivity contribution in [3.05, 3.63) is 42.4 Å². The van der Waals surface area contributed by atoms with Gasteiger partial charge < -0.3 is 19.1 Å². The number of nitrogens with zero attached hydrogens (tertiary/aromatic N) is 2. The fourth-order valence-electron chi connectivity index (χ4n) is 8.25. The first-order valence-corrected chi connectivity index (χ1v) is 20.9. The van der Waals surface area contributed by atoms with Gasteiger partial charge in [0.15, 0.2) is 17.3 Å². The van der Waals surface area contributed by atoms with Gasteiger partial charge in [-0.1, -0.05) is 32.4 Å². The normalized spacial score (nSPS) is 31.1. The van der Waals surface area contributed by atoms with Gasteiger partial charge in [0.2, 0.25) is 33.3 Å². The first-order chi connectivity index (χ1) is 29.7. The Morgan fingerprint density at radius 2 is 1.88 bits per heavy atom. The number of ketones is 1. The lowest BCUT2D eigenvalue weighted by Crippen LogP contribution is -2.48. The molecule has 6 rings (SSSR count). The van der Waals surface area contributed by atoms with Crippen LogP contribution in [0.3, 0.4) is 0 Å². The van der Waals surface area contributed by atoms with E-state index in [0.717, 1.165) is 11.0 Å². The third-order valence-electron chi connectivity index (χ3n) is 11.8. The van der Waals surface area contributed by atoms with Gasteiger partial charge in [-0.25, -0.2) is 17.8 Å². The maximum Gasteiger partial charge on any atom is 0.427 e. The monoisotopic (exact) mass is 843 g/mol. The van der Waals surface area contributed by atoms with Gasteiger partial charge in [0.25, 0.3) is 0 Å². The van der Waals surface area contributed by atoms with E-state index in [1.807, 2.05) is 6.92 Å². The Labute approximate surface area is 343 Å². The van der Waals surface area contributed by atoms with Crippen LogP contribution >= 0.6 is 0 Å². The number of hydrogen-bond donors (Lipinski definition) is 1. The molecule has 2 aliphatic carbocycles. The van der Waals surface area contributed by atoms with E-state index in [2.05, 4.69) is 14.4 Å². The van der Waals surface area contributed by atoms with Gasteiger partial charge in [0.05, 0.1) is 42.7 Å². The van der Waals surface area contributed by atoms with Crippen molar-refractivity contribution in [3.8, 4) is 11.6 Å². The summed E-state index contributed by atoms with van der Waals surface area (Å²) in [5.41, 5.74) is -6.49. The Morgan fingerprint density at radius 1 is 1.14 bits per heavy atom. The lowest BCUT2D eigenvalue weighted by molar-refractivity contribution is -0.257. The molecular weight excluding hydrogens is 787 g/mol. The molecule has 1 aromatic carbocycles. The molecule has 3 heterocycles. The molecule has 0 spiro atoms. The van der Waals surface area contributed by atoms with Crippen LogP contribution in [0, 0.1) is 34.9 Å². The van der Waals surface area contributed by atoms with Crippen molar-refractivity contribution in [3.63, 3.8) is 0 Å². The highest BCUT2D eigenvalue weighted by molar-refractivity contribution is 7.90. The zero-order valence-electron chi connectivity index (χ0n) is 38.3. The van der Waals surface area contributed by atoms with Crippen molar-refractivity contribution >= 4 is 44.4 Å². The van der Waals surface area contributed by atoms with Gasteiger partial charge in [-0.05, 0) is 93.6 Å². The number of allylic oxidation sites excluding steroid dienone is 2. The number of amides is 2. The second kappa shape index (κ2) is 16.4. The minimum atomic E-state index is -6.13. The number of methoxy groups -OCH3 is 1. The topological polar surface area (TPSA) is 158 Å². The van der Waals surface area contributed by atoms with Gasteiger partial charge in [-0.2, -0.15) is 13.2 Å². The Balaban J connectivity index is 1.41. The standard InChI is InChI=1S/C41H51F4N3O9S/c1-6-24-15-23(2)9-7-8-10-26-20-40(26,38(52)47-58(53,54)28-11-12-28)21-33(49)32-17-27(56-36-29-18-31(42)34(55-5)16-25(29)13-14-46-36)22-48(32)37(51)30(24)19-35(50)57-39(3,4)41(43,44)45/h8,10,13-14,16,18,23-24,26-28,30,32H,6-7,9,11-12,15,17,19-22H2,1-5H3,(H,47,52)/b10-8-/t23-,24-,26-,27-,30+,32+,40-/m1/s1/i3D3,4D3. The Morgan fingerprint density at radius 3 is 2.53 bits per heavy atom. The Bertz CT molecular complexity index is 2260. The van der Waals surface area contributed by atoms with Crippen molar-refractivity contribution < 1.29 is 67.6 Å². The predicted octanol–water partition coefficient (Wildman–Crippen LogP) is 6.60.